The molecule has 4 heteroatoms. The standard InChI is InChI=1S/C15H13Cl2NO/c16-11-6-5-9(7-12(11)17)15-8-13(18)10-3-1-2-4-14(10)19-15/h1-7,13,15H,8,18H2. The molecule has 0 spiro atoms. The lowest BCUT2D eigenvalue weighted by atomic mass is 9.94. The van der Waals surface area contributed by atoms with Crippen LogP contribution in [0.5, 0.6) is 5.75 Å². The van der Waals surface area contributed by atoms with E-state index in [2.05, 4.69) is 0 Å². The molecule has 2 N–H and O–H groups in total. The van der Waals surface area contributed by atoms with Crippen molar-refractivity contribution in [2.24, 2.45) is 5.73 Å². The summed E-state index contributed by atoms with van der Waals surface area (Å²) in [6.07, 6.45) is 0.647. The van der Waals surface area contributed by atoms with Crippen LogP contribution in [0.3, 0.4) is 0 Å². The van der Waals surface area contributed by atoms with Crippen LogP contribution >= 0.6 is 23.2 Å². The van der Waals surface area contributed by atoms with Crippen LogP contribution < -0.4 is 10.5 Å². The summed E-state index contributed by atoms with van der Waals surface area (Å²) in [5.74, 6) is 0.845. The van der Waals surface area contributed by atoms with Gasteiger partial charge in [0, 0.05) is 18.0 Å². The number of hydrogen-bond donors (Lipinski definition) is 1. The zero-order valence-corrected chi connectivity index (χ0v) is 11.7. The van der Waals surface area contributed by atoms with E-state index in [1.165, 1.54) is 0 Å². The number of para-hydroxylation sites is 1. The maximum absolute atomic E-state index is 6.20. The van der Waals surface area contributed by atoms with Gasteiger partial charge in [-0.15, -0.1) is 0 Å². The molecule has 2 nitrogen and oxygen atoms in total. The molecule has 2 atom stereocenters. The first-order chi connectivity index (χ1) is 9.15. The highest BCUT2D eigenvalue weighted by Crippen LogP contribution is 2.40. The van der Waals surface area contributed by atoms with Crippen LogP contribution in [0.1, 0.15) is 29.7 Å². The van der Waals surface area contributed by atoms with E-state index >= 15 is 0 Å². The fraction of sp³-hybridized carbons (Fsp3) is 0.200. The highest BCUT2D eigenvalue weighted by molar-refractivity contribution is 6.42. The van der Waals surface area contributed by atoms with Gasteiger partial charge in [-0.05, 0) is 23.8 Å². The molecule has 0 aromatic heterocycles. The molecule has 3 rings (SSSR count). The van der Waals surface area contributed by atoms with E-state index in [1.807, 2.05) is 36.4 Å². The molecule has 2 unspecified atom stereocenters. The van der Waals surface area contributed by atoms with Crippen molar-refractivity contribution in [3.05, 3.63) is 63.6 Å². The summed E-state index contributed by atoms with van der Waals surface area (Å²) in [5, 5.41) is 1.08. The number of halogens is 2. The number of benzene rings is 2. The third-order valence-electron chi connectivity index (χ3n) is 3.37. The van der Waals surface area contributed by atoms with Gasteiger partial charge in [0.15, 0.2) is 0 Å². The molecule has 2 aromatic carbocycles. The van der Waals surface area contributed by atoms with Gasteiger partial charge in [0.2, 0.25) is 0 Å². The minimum atomic E-state index is -0.0836. The van der Waals surface area contributed by atoms with E-state index in [0.717, 1.165) is 23.3 Å². The van der Waals surface area contributed by atoms with Crippen molar-refractivity contribution in [2.45, 2.75) is 18.6 Å². The maximum atomic E-state index is 6.20. The average Bonchev–Trinajstić information content (AvgIpc) is 2.42. The molecular formula is C15H13Cl2NO. The molecule has 1 heterocycles. The first-order valence-electron chi connectivity index (χ1n) is 6.11. The van der Waals surface area contributed by atoms with Crippen LogP contribution in [0.15, 0.2) is 42.5 Å². The van der Waals surface area contributed by atoms with Gasteiger partial charge in [-0.1, -0.05) is 47.5 Å². The van der Waals surface area contributed by atoms with Crippen molar-refractivity contribution in [1.29, 1.82) is 0 Å². The zero-order chi connectivity index (χ0) is 13.4. The van der Waals surface area contributed by atoms with Crippen LogP contribution in [-0.2, 0) is 0 Å². The Kier molecular flexibility index (Phi) is 3.40. The second-order valence-corrected chi connectivity index (χ2v) is 5.47. The van der Waals surface area contributed by atoms with Crippen molar-refractivity contribution < 1.29 is 4.74 Å². The molecular weight excluding hydrogens is 281 g/mol. The van der Waals surface area contributed by atoms with Gasteiger partial charge in [-0.25, -0.2) is 0 Å². The quantitative estimate of drug-likeness (QED) is 0.839. The van der Waals surface area contributed by atoms with Crippen LogP contribution in [0.2, 0.25) is 10.0 Å². The van der Waals surface area contributed by atoms with Gasteiger partial charge < -0.3 is 10.5 Å². The Bertz CT molecular complexity index is 615. The van der Waals surface area contributed by atoms with Crippen molar-refractivity contribution in [2.75, 3.05) is 0 Å². The molecule has 0 aliphatic carbocycles. The van der Waals surface area contributed by atoms with Crippen LogP contribution in [0.4, 0.5) is 0 Å². The molecule has 0 radical (unpaired) electrons. The first-order valence-corrected chi connectivity index (χ1v) is 6.87. The number of nitrogens with two attached hydrogens (primary N) is 1. The minimum Gasteiger partial charge on any atom is -0.485 e. The summed E-state index contributed by atoms with van der Waals surface area (Å²) >= 11 is 12.0. The maximum Gasteiger partial charge on any atom is 0.126 e. The van der Waals surface area contributed by atoms with Crippen molar-refractivity contribution in [3.8, 4) is 5.75 Å². The summed E-state index contributed by atoms with van der Waals surface area (Å²) in [7, 11) is 0. The smallest absolute Gasteiger partial charge is 0.126 e. The van der Waals surface area contributed by atoms with Crippen molar-refractivity contribution >= 4 is 23.2 Å². The minimum absolute atomic E-state index is 0.0237. The Morgan fingerprint density at radius 2 is 1.84 bits per heavy atom. The lowest BCUT2D eigenvalue weighted by molar-refractivity contribution is 0.161. The molecule has 98 valence electrons. The molecule has 0 bridgehead atoms. The molecule has 0 saturated heterocycles. The molecule has 19 heavy (non-hydrogen) atoms. The Morgan fingerprint density at radius 1 is 1.05 bits per heavy atom. The summed E-state index contributed by atoms with van der Waals surface area (Å²) < 4.78 is 6.00. The highest BCUT2D eigenvalue weighted by Gasteiger charge is 2.26. The van der Waals surface area contributed by atoms with E-state index in [-0.39, 0.29) is 12.1 Å². The second kappa shape index (κ2) is 5.04. The predicted molar refractivity (Wildman–Crippen MR) is 77.8 cm³/mol. The monoisotopic (exact) mass is 293 g/mol. The Balaban J connectivity index is 1.94. The Morgan fingerprint density at radius 3 is 2.63 bits per heavy atom. The summed E-state index contributed by atoms with van der Waals surface area (Å²) in [5.41, 5.74) is 8.26. The lowest BCUT2D eigenvalue weighted by Crippen LogP contribution is -2.24. The normalized spacial score (nSPS) is 21.6. The van der Waals surface area contributed by atoms with Gasteiger partial charge in [-0.2, -0.15) is 0 Å². The SMILES string of the molecule is NC1CC(c2ccc(Cl)c(Cl)c2)Oc2ccccc21. The van der Waals surface area contributed by atoms with E-state index in [9.17, 15) is 0 Å². The average molecular weight is 294 g/mol. The number of hydrogen-bond acceptors (Lipinski definition) is 2. The van der Waals surface area contributed by atoms with Gasteiger partial charge in [0.1, 0.15) is 11.9 Å². The van der Waals surface area contributed by atoms with E-state index in [0.29, 0.717) is 10.0 Å². The Labute approximate surface area is 122 Å². The topological polar surface area (TPSA) is 35.2 Å². The fourth-order valence-corrected chi connectivity index (χ4v) is 2.68. The molecule has 0 amide bonds. The fourth-order valence-electron chi connectivity index (χ4n) is 2.37. The molecule has 1 aliphatic rings. The van der Waals surface area contributed by atoms with E-state index < -0.39 is 0 Å². The molecule has 2 aromatic rings. The van der Waals surface area contributed by atoms with Gasteiger partial charge >= 0.3 is 0 Å². The summed E-state index contributed by atoms with van der Waals surface area (Å²) in [4.78, 5) is 0. The van der Waals surface area contributed by atoms with Crippen LogP contribution in [0.25, 0.3) is 0 Å². The van der Waals surface area contributed by atoms with Crippen molar-refractivity contribution in [3.63, 3.8) is 0 Å². The third kappa shape index (κ3) is 2.44. The van der Waals surface area contributed by atoms with E-state index in [4.69, 9.17) is 33.7 Å². The van der Waals surface area contributed by atoms with Crippen molar-refractivity contribution in [1.82, 2.24) is 0 Å². The first kappa shape index (κ1) is 12.8. The van der Waals surface area contributed by atoms with Crippen LogP contribution in [-0.4, -0.2) is 0 Å². The number of fused-ring (bicyclic) bond motifs is 1. The summed E-state index contributed by atoms with van der Waals surface area (Å²) in [6.45, 7) is 0. The van der Waals surface area contributed by atoms with Crippen LogP contribution in [0, 0.1) is 0 Å². The lowest BCUT2D eigenvalue weighted by Gasteiger charge is -2.30. The second-order valence-electron chi connectivity index (χ2n) is 4.66. The third-order valence-corrected chi connectivity index (χ3v) is 4.11. The van der Waals surface area contributed by atoms with Gasteiger partial charge in [0.25, 0.3) is 0 Å². The number of rotatable bonds is 1. The van der Waals surface area contributed by atoms with E-state index in [1.54, 1.807) is 6.07 Å². The zero-order valence-electron chi connectivity index (χ0n) is 10.1. The highest BCUT2D eigenvalue weighted by atomic mass is 35.5. The van der Waals surface area contributed by atoms with Gasteiger partial charge in [0.05, 0.1) is 10.0 Å². The largest absolute Gasteiger partial charge is 0.485 e. The van der Waals surface area contributed by atoms with Gasteiger partial charge in [-0.3, -0.25) is 0 Å². The predicted octanol–water partition coefficient (Wildman–Crippen LogP) is 4.52. The molecule has 0 saturated carbocycles. The molecule has 0 fully saturated rings. The Hall–Kier alpha value is -1.22. The summed E-state index contributed by atoms with van der Waals surface area (Å²) in [6, 6.07) is 13.4. The molecule has 1 aliphatic heterocycles. The number of ether oxygens (including phenoxy) is 1.